The predicted octanol–water partition coefficient (Wildman–Crippen LogP) is -0.307. The van der Waals surface area contributed by atoms with E-state index in [0.717, 1.165) is 13.1 Å². The molecular weight excluding hydrogens is 246 g/mol. The van der Waals surface area contributed by atoms with Gasteiger partial charge in [-0.25, -0.2) is 0 Å². The molecule has 0 radical (unpaired) electrons. The van der Waals surface area contributed by atoms with Crippen LogP contribution < -0.4 is 5.32 Å². The Balaban J connectivity index is 2.12. The molecule has 1 saturated heterocycles. The number of likely N-dealkylation sites (N-methyl/N-ethyl adjacent to an activating group) is 1. The van der Waals surface area contributed by atoms with Crippen molar-refractivity contribution in [2.24, 2.45) is 0 Å². The van der Waals surface area contributed by atoms with Crippen LogP contribution in [0.2, 0.25) is 0 Å². The van der Waals surface area contributed by atoms with Crippen molar-refractivity contribution in [3.63, 3.8) is 0 Å². The molecule has 1 rings (SSSR count). The van der Waals surface area contributed by atoms with E-state index in [1.807, 2.05) is 18.7 Å². The number of carbonyl (C=O) groups excluding carboxylic acids is 2. The van der Waals surface area contributed by atoms with Gasteiger partial charge in [-0.2, -0.15) is 0 Å². The number of nitrogens with zero attached hydrogens (tertiary/aromatic N) is 2. The Bertz CT molecular complexity index is 287. The Kier molecular flexibility index (Phi) is 7.43. The van der Waals surface area contributed by atoms with E-state index in [4.69, 9.17) is 4.74 Å². The lowest BCUT2D eigenvalue weighted by Crippen LogP contribution is -2.42. The Morgan fingerprint density at radius 3 is 2.42 bits per heavy atom. The number of amides is 2. The zero-order valence-corrected chi connectivity index (χ0v) is 12.0. The van der Waals surface area contributed by atoms with Crippen molar-refractivity contribution in [1.29, 1.82) is 0 Å². The first-order chi connectivity index (χ1) is 9.19. The van der Waals surface area contributed by atoms with Gasteiger partial charge >= 0.3 is 0 Å². The Hall–Kier alpha value is -1.14. The number of carbonyl (C=O) groups is 2. The number of hydrogen-bond donors (Lipinski definition) is 1. The molecule has 1 aliphatic rings. The van der Waals surface area contributed by atoms with Gasteiger partial charge in [-0.3, -0.25) is 9.59 Å². The molecule has 0 spiro atoms. The third-order valence-corrected chi connectivity index (χ3v) is 3.27. The van der Waals surface area contributed by atoms with Crippen LogP contribution in [0.15, 0.2) is 0 Å². The molecule has 0 aromatic carbocycles. The lowest BCUT2D eigenvalue weighted by Gasteiger charge is -2.27. The van der Waals surface area contributed by atoms with Crippen LogP contribution >= 0.6 is 0 Å². The molecule has 1 aliphatic heterocycles. The molecule has 0 aromatic rings. The molecule has 0 aromatic heterocycles. The van der Waals surface area contributed by atoms with E-state index in [2.05, 4.69) is 5.32 Å². The molecule has 1 heterocycles. The van der Waals surface area contributed by atoms with Gasteiger partial charge in [-0.15, -0.1) is 0 Å². The van der Waals surface area contributed by atoms with Gasteiger partial charge in [0.2, 0.25) is 11.8 Å². The summed E-state index contributed by atoms with van der Waals surface area (Å²) in [4.78, 5) is 27.1. The van der Waals surface area contributed by atoms with Crippen molar-refractivity contribution in [1.82, 2.24) is 15.1 Å². The predicted molar refractivity (Wildman–Crippen MR) is 72.8 cm³/mol. The van der Waals surface area contributed by atoms with Gasteiger partial charge in [-0.05, 0) is 13.8 Å². The van der Waals surface area contributed by atoms with E-state index in [0.29, 0.717) is 45.8 Å². The number of rotatable bonds is 7. The number of morpholine rings is 1. The fraction of sp³-hybridized carbons (Fsp3) is 0.846. The van der Waals surface area contributed by atoms with Crippen molar-refractivity contribution in [2.45, 2.75) is 20.3 Å². The highest BCUT2D eigenvalue weighted by Gasteiger charge is 2.16. The van der Waals surface area contributed by atoms with Crippen LogP contribution in [0.1, 0.15) is 20.3 Å². The minimum atomic E-state index is 0.0869. The Morgan fingerprint density at radius 2 is 1.84 bits per heavy atom. The highest BCUT2D eigenvalue weighted by atomic mass is 16.5. The minimum absolute atomic E-state index is 0.0869. The number of ether oxygens (including phenoxy) is 1. The summed E-state index contributed by atoms with van der Waals surface area (Å²) in [7, 11) is 0. The zero-order valence-electron chi connectivity index (χ0n) is 12.0. The van der Waals surface area contributed by atoms with Gasteiger partial charge in [0.25, 0.3) is 0 Å². The van der Waals surface area contributed by atoms with E-state index in [-0.39, 0.29) is 11.8 Å². The monoisotopic (exact) mass is 271 g/mol. The van der Waals surface area contributed by atoms with E-state index >= 15 is 0 Å². The lowest BCUT2D eigenvalue weighted by molar-refractivity contribution is -0.135. The Morgan fingerprint density at radius 1 is 1.21 bits per heavy atom. The highest BCUT2D eigenvalue weighted by molar-refractivity contribution is 5.78. The quantitative estimate of drug-likeness (QED) is 0.645. The van der Waals surface area contributed by atoms with Gasteiger partial charge in [0.15, 0.2) is 0 Å². The number of nitrogens with one attached hydrogen (secondary N) is 1. The van der Waals surface area contributed by atoms with Crippen LogP contribution in [0.3, 0.4) is 0 Å². The average molecular weight is 271 g/mol. The van der Waals surface area contributed by atoms with Gasteiger partial charge in [0.1, 0.15) is 0 Å². The van der Waals surface area contributed by atoms with E-state index in [1.54, 1.807) is 4.90 Å². The van der Waals surface area contributed by atoms with Crippen molar-refractivity contribution >= 4 is 11.8 Å². The fourth-order valence-electron chi connectivity index (χ4n) is 2.05. The highest BCUT2D eigenvalue weighted by Crippen LogP contribution is 1.99. The normalized spacial score (nSPS) is 15.4. The molecule has 1 fully saturated rings. The van der Waals surface area contributed by atoms with Crippen LogP contribution in [0.4, 0.5) is 0 Å². The summed E-state index contributed by atoms with van der Waals surface area (Å²) in [5.41, 5.74) is 0. The molecule has 110 valence electrons. The zero-order chi connectivity index (χ0) is 14.1. The first kappa shape index (κ1) is 15.9. The van der Waals surface area contributed by atoms with Crippen molar-refractivity contribution in [2.75, 3.05) is 52.5 Å². The molecule has 2 amide bonds. The first-order valence-corrected chi connectivity index (χ1v) is 7.03. The second kappa shape index (κ2) is 8.87. The smallest absolute Gasteiger partial charge is 0.236 e. The molecular formula is C13H25N3O3. The summed E-state index contributed by atoms with van der Waals surface area (Å²) in [6.07, 6.45) is 0.436. The van der Waals surface area contributed by atoms with Gasteiger partial charge in [-0.1, -0.05) is 0 Å². The van der Waals surface area contributed by atoms with Crippen LogP contribution in [-0.4, -0.2) is 74.1 Å². The van der Waals surface area contributed by atoms with Crippen molar-refractivity contribution < 1.29 is 14.3 Å². The molecule has 6 heteroatoms. The molecule has 0 unspecified atom stereocenters. The van der Waals surface area contributed by atoms with Gasteiger partial charge in [0, 0.05) is 39.1 Å². The molecule has 19 heavy (non-hydrogen) atoms. The largest absolute Gasteiger partial charge is 0.378 e. The minimum Gasteiger partial charge on any atom is -0.378 e. The topological polar surface area (TPSA) is 61.9 Å². The van der Waals surface area contributed by atoms with Crippen molar-refractivity contribution in [3.05, 3.63) is 0 Å². The van der Waals surface area contributed by atoms with Gasteiger partial charge < -0.3 is 19.9 Å². The lowest BCUT2D eigenvalue weighted by atomic mass is 10.3. The summed E-state index contributed by atoms with van der Waals surface area (Å²) >= 11 is 0. The molecule has 0 aliphatic carbocycles. The van der Waals surface area contributed by atoms with E-state index in [9.17, 15) is 9.59 Å². The molecule has 1 N–H and O–H groups in total. The average Bonchev–Trinajstić information content (AvgIpc) is 2.45. The summed E-state index contributed by atoms with van der Waals surface area (Å²) in [6.45, 7) is 8.83. The first-order valence-electron chi connectivity index (χ1n) is 7.03. The Labute approximate surface area is 115 Å². The third kappa shape index (κ3) is 5.57. The summed E-state index contributed by atoms with van der Waals surface area (Å²) in [5, 5.41) is 3.03. The third-order valence-electron chi connectivity index (χ3n) is 3.27. The maximum absolute atomic E-state index is 11.8. The second-order valence-corrected chi connectivity index (χ2v) is 4.49. The van der Waals surface area contributed by atoms with Crippen LogP contribution in [-0.2, 0) is 14.3 Å². The van der Waals surface area contributed by atoms with E-state index < -0.39 is 0 Å². The summed E-state index contributed by atoms with van der Waals surface area (Å²) < 4.78 is 5.20. The van der Waals surface area contributed by atoms with Gasteiger partial charge in [0.05, 0.1) is 19.8 Å². The molecule has 0 atom stereocenters. The van der Waals surface area contributed by atoms with Crippen LogP contribution in [0.5, 0.6) is 0 Å². The maximum Gasteiger partial charge on any atom is 0.236 e. The maximum atomic E-state index is 11.8. The number of hydrogen-bond acceptors (Lipinski definition) is 4. The van der Waals surface area contributed by atoms with E-state index in [1.165, 1.54) is 0 Å². The molecule has 6 nitrogen and oxygen atoms in total. The fourth-order valence-corrected chi connectivity index (χ4v) is 2.05. The summed E-state index contributed by atoms with van der Waals surface area (Å²) in [6, 6.07) is 0. The summed E-state index contributed by atoms with van der Waals surface area (Å²) in [5.74, 6) is 0.218. The molecule has 0 bridgehead atoms. The van der Waals surface area contributed by atoms with Crippen molar-refractivity contribution in [3.8, 4) is 0 Å². The molecule has 0 saturated carbocycles. The standard InChI is InChI=1S/C13H25N3O3/c1-3-15(4-2)13(18)11-14-6-5-12(17)16-7-9-19-10-8-16/h14H,3-11H2,1-2H3. The van der Waals surface area contributed by atoms with Crippen LogP contribution in [0.25, 0.3) is 0 Å². The van der Waals surface area contributed by atoms with Crippen LogP contribution in [0, 0.1) is 0 Å². The SMILES string of the molecule is CCN(CC)C(=O)CNCCC(=O)N1CCOCC1. The second-order valence-electron chi connectivity index (χ2n) is 4.49.